The summed E-state index contributed by atoms with van der Waals surface area (Å²) >= 11 is -4.21. The molecule has 0 rings (SSSR count). The molecule has 0 aliphatic rings. The normalized spacial score (nSPS) is 10.1. The van der Waals surface area contributed by atoms with Crippen molar-refractivity contribution < 1.29 is 27.0 Å². The standard InChI is InChI=1S/C18H37.3O.Re/c1-3-5-7-9-11-13-15-17-18-16-14-12-10-8-6-4-2;;;;/h1,3-18H2,2H3;;;;/q-1;;;;. The predicted molar refractivity (Wildman–Crippen MR) is 87.0 cm³/mol. The molecule has 0 amide bonds. The van der Waals surface area contributed by atoms with Crippen molar-refractivity contribution in [2.24, 2.45) is 0 Å². The van der Waals surface area contributed by atoms with Gasteiger partial charge in [0.1, 0.15) is 0 Å². The Morgan fingerprint density at radius 1 is 0.545 bits per heavy atom. The second-order valence-electron chi connectivity index (χ2n) is 5.99. The molecule has 3 nitrogen and oxygen atoms in total. The molecule has 22 heavy (non-hydrogen) atoms. The van der Waals surface area contributed by atoms with E-state index in [9.17, 15) is 0 Å². The van der Waals surface area contributed by atoms with Gasteiger partial charge in [-0.2, -0.15) is 6.42 Å². The minimum absolute atomic E-state index is 1.12. The van der Waals surface area contributed by atoms with Crippen LogP contribution in [0.25, 0.3) is 0 Å². The first-order chi connectivity index (χ1) is 10.6. The monoisotopic (exact) mass is 488 g/mol. The third-order valence-corrected chi connectivity index (χ3v) is 3.85. The van der Waals surface area contributed by atoms with Crippen LogP contribution in [0.2, 0.25) is 0 Å². The fourth-order valence-corrected chi connectivity index (χ4v) is 2.55. The number of unbranched alkanes of at least 4 members (excludes halogenated alkanes) is 15. The molecule has 0 atom stereocenters. The first-order valence-electron chi connectivity index (χ1n) is 9.17. The second kappa shape index (κ2) is 23.3. The van der Waals surface area contributed by atoms with Crippen LogP contribution in [0.1, 0.15) is 110 Å². The Morgan fingerprint density at radius 2 is 0.773 bits per heavy atom. The molecule has 0 bridgehead atoms. The summed E-state index contributed by atoms with van der Waals surface area (Å²) in [5.74, 6) is 0. The zero-order valence-electron chi connectivity index (χ0n) is 14.6. The molecule has 0 unspecified atom stereocenters. The summed E-state index contributed by atoms with van der Waals surface area (Å²) in [4.78, 5) is 0. The van der Waals surface area contributed by atoms with Crippen LogP contribution in [0.4, 0.5) is 0 Å². The average molecular weight is 488 g/mol. The van der Waals surface area contributed by atoms with E-state index in [0.717, 1.165) is 6.42 Å². The summed E-state index contributed by atoms with van der Waals surface area (Å²) in [7, 11) is 0. The molecule has 0 saturated carbocycles. The summed E-state index contributed by atoms with van der Waals surface area (Å²) in [5.41, 5.74) is 0. The summed E-state index contributed by atoms with van der Waals surface area (Å²) < 4.78 is 25.8. The SMILES string of the molecule is [CH2-]CCCCCCCCCCCCCCCCC.[O]=[Re](=[O])=[O]. The third kappa shape index (κ3) is 32.1. The Morgan fingerprint density at radius 3 is 1.00 bits per heavy atom. The first-order valence-corrected chi connectivity index (χ1v) is 12.5. The van der Waals surface area contributed by atoms with Gasteiger partial charge in [0, 0.05) is 0 Å². The molecule has 0 N–H and O–H groups in total. The van der Waals surface area contributed by atoms with Crippen molar-refractivity contribution in [1.29, 1.82) is 0 Å². The first kappa shape index (κ1) is 24.3. The topological polar surface area (TPSA) is 51.2 Å². The Kier molecular flexibility index (Phi) is 25.8. The van der Waals surface area contributed by atoms with Crippen LogP contribution >= 0.6 is 0 Å². The van der Waals surface area contributed by atoms with Crippen LogP contribution in [-0.4, -0.2) is 0 Å². The number of rotatable bonds is 15. The van der Waals surface area contributed by atoms with Gasteiger partial charge in [0.25, 0.3) is 0 Å². The summed E-state index contributed by atoms with van der Waals surface area (Å²) in [6.07, 6.45) is 22.8. The van der Waals surface area contributed by atoms with Gasteiger partial charge in [-0.1, -0.05) is 103 Å². The molecule has 0 radical (unpaired) electrons. The Balaban J connectivity index is 0. The van der Waals surface area contributed by atoms with Gasteiger partial charge in [-0.25, -0.2) is 0 Å². The van der Waals surface area contributed by atoms with Gasteiger partial charge in [-0.05, 0) is 0 Å². The molecule has 0 aliphatic heterocycles. The maximum atomic E-state index is 8.60. The van der Waals surface area contributed by atoms with Gasteiger partial charge in [-0.3, -0.25) is 0 Å². The van der Waals surface area contributed by atoms with Gasteiger partial charge in [-0.15, -0.1) is 0 Å². The van der Waals surface area contributed by atoms with E-state index in [4.69, 9.17) is 10.4 Å². The summed E-state index contributed by atoms with van der Waals surface area (Å²) in [6, 6.07) is 0. The Labute approximate surface area is 143 Å². The molecule has 0 aromatic rings. The van der Waals surface area contributed by atoms with Crippen molar-refractivity contribution in [2.75, 3.05) is 0 Å². The van der Waals surface area contributed by atoms with Gasteiger partial charge in [0.15, 0.2) is 0 Å². The molecule has 0 heterocycles. The van der Waals surface area contributed by atoms with Crippen LogP contribution in [0.15, 0.2) is 0 Å². The average Bonchev–Trinajstić information content (AvgIpc) is 2.47. The van der Waals surface area contributed by atoms with E-state index in [1.807, 2.05) is 0 Å². The molecule has 4 heteroatoms. The van der Waals surface area contributed by atoms with E-state index < -0.39 is 16.6 Å². The van der Waals surface area contributed by atoms with Gasteiger partial charge < -0.3 is 6.92 Å². The van der Waals surface area contributed by atoms with Gasteiger partial charge in [0.2, 0.25) is 0 Å². The Hall–Kier alpha value is 0.0623. The van der Waals surface area contributed by atoms with Crippen LogP contribution in [0.3, 0.4) is 0 Å². The van der Waals surface area contributed by atoms with Crippen LogP contribution in [0.5, 0.6) is 0 Å². The molecule has 0 spiro atoms. The molecule has 0 aromatic carbocycles. The predicted octanol–water partition coefficient (Wildman–Crippen LogP) is 6.72. The summed E-state index contributed by atoms with van der Waals surface area (Å²) in [5, 5.41) is 0. The van der Waals surface area contributed by atoms with E-state index >= 15 is 0 Å². The van der Waals surface area contributed by atoms with E-state index in [1.165, 1.54) is 96.3 Å². The molecular formula is C18H37O3Re-. The molecule has 0 fully saturated rings. The van der Waals surface area contributed by atoms with E-state index in [-0.39, 0.29) is 0 Å². The van der Waals surface area contributed by atoms with Crippen molar-refractivity contribution in [3.05, 3.63) is 6.92 Å². The molecule has 135 valence electrons. The van der Waals surface area contributed by atoms with E-state index in [2.05, 4.69) is 13.8 Å². The van der Waals surface area contributed by atoms with Crippen molar-refractivity contribution in [1.82, 2.24) is 0 Å². The van der Waals surface area contributed by atoms with Gasteiger partial charge in [0.05, 0.1) is 0 Å². The quantitative estimate of drug-likeness (QED) is 0.190. The Bertz CT molecular complexity index is 262. The molecular weight excluding hydrogens is 450 g/mol. The molecule has 0 aromatic heterocycles. The second-order valence-corrected chi connectivity index (χ2v) is 7.35. The van der Waals surface area contributed by atoms with E-state index in [1.54, 1.807) is 0 Å². The van der Waals surface area contributed by atoms with Crippen LogP contribution in [0, 0.1) is 6.92 Å². The molecule has 0 saturated heterocycles. The van der Waals surface area contributed by atoms with Crippen molar-refractivity contribution in [3.8, 4) is 0 Å². The van der Waals surface area contributed by atoms with E-state index in [0.29, 0.717) is 0 Å². The zero-order chi connectivity index (χ0) is 16.9. The maximum absolute atomic E-state index is 8.60. The fraction of sp³-hybridized carbons (Fsp3) is 0.944. The third-order valence-electron chi connectivity index (χ3n) is 3.85. The van der Waals surface area contributed by atoms with Crippen molar-refractivity contribution in [2.45, 2.75) is 110 Å². The molecule has 0 aliphatic carbocycles. The van der Waals surface area contributed by atoms with Crippen LogP contribution in [-0.2, 0) is 27.0 Å². The van der Waals surface area contributed by atoms with Crippen molar-refractivity contribution >= 4 is 0 Å². The zero-order valence-corrected chi connectivity index (χ0v) is 17.3. The van der Waals surface area contributed by atoms with Crippen LogP contribution < -0.4 is 0 Å². The minimum atomic E-state index is -4.21. The number of hydrogen-bond donors (Lipinski definition) is 0. The number of hydrogen-bond acceptors (Lipinski definition) is 3. The van der Waals surface area contributed by atoms with Crippen molar-refractivity contribution in [3.63, 3.8) is 0 Å². The van der Waals surface area contributed by atoms with Gasteiger partial charge >= 0.3 is 27.0 Å². The summed E-state index contributed by atoms with van der Waals surface area (Å²) in [6.45, 7) is 6.18. The fourth-order valence-electron chi connectivity index (χ4n) is 2.55.